The molecule has 0 spiro atoms. The molecule has 1 aliphatic rings. The third kappa shape index (κ3) is 4.49. The molecule has 0 saturated heterocycles. The molecule has 110 valence electrons. The highest BCUT2D eigenvalue weighted by Gasteiger charge is 2.38. The van der Waals surface area contributed by atoms with Crippen molar-refractivity contribution in [1.29, 1.82) is 0 Å². The Balaban J connectivity index is 2.63. The van der Waals surface area contributed by atoms with Crippen LogP contribution in [0.4, 0.5) is 0 Å². The van der Waals surface area contributed by atoms with Crippen molar-refractivity contribution in [2.75, 3.05) is 20.6 Å². The summed E-state index contributed by atoms with van der Waals surface area (Å²) in [6.07, 6.45) is 2.14. The first kappa shape index (κ1) is 16.0. The van der Waals surface area contributed by atoms with Gasteiger partial charge in [0.2, 0.25) is 5.91 Å². The summed E-state index contributed by atoms with van der Waals surface area (Å²) in [4.78, 5) is 25.4. The molecular weight excluding hydrogens is 244 g/mol. The van der Waals surface area contributed by atoms with E-state index in [4.69, 9.17) is 5.11 Å². The average Bonchev–Trinajstić information content (AvgIpc) is 2.76. The van der Waals surface area contributed by atoms with Gasteiger partial charge in [-0.25, -0.2) is 0 Å². The second-order valence-corrected chi connectivity index (χ2v) is 6.10. The summed E-state index contributed by atoms with van der Waals surface area (Å²) >= 11 is 0. The number of nitrogens with one attached hydrogen (secondary N) is 1. The van der Waals surface area contributed by atoms with Gasteiger partial charge in [0.1, 0.15) is 0 Å². The van der Waals surface area contributed by atoms with Gasteiger partial charge in [0.05, 0.1) is 11.8 Å². The Hall–Kier alpha value is -1.10. The van der Waals surface area contributed by atoms with Crippen molar-refractivity contribution in [2.45, 2.75) is 39.2 Å². The van der Waals surface area contributed by atoms with Gasteiger partial charge in [-0.05, 0) is 32.9 Å². The molecule has 3 atom stereocenters. The van der Waals surface area contributed by atoms with Crippen molar-refractivity contribution in [1.82, 2.24) is 10.2 Å². The van der Waals surface area contributed by atoms with Crippen LogP contribution in [0.3, 0.4) is 0 Å². The molecule has 1 aliphatic carbocycles. The second kappa shape index (κ2) is 6.89. The minimum atomic E-state index is -0.841. The third-order valence-corrected chi connectivity index (χ3v) is 3.86. The summed E-state index contributed by atoms with van der Waals surface area (Å²) in [7, 11) is 3.94. The monoisotopic (exact) mass is 270 g/mol. The lowest BCUT2D eigenvalue weighted by atomic mass is 9.94. The lowest BCUT2D eigenvalue weighted by molar-refractivity contribution is -0.146. The van der Waals surface area contributed by atoms with Crippen LogP contribution in [0.5, 0.6) is 0 Å². The molecule has 19 heavy (non-hydrogen) atoms. The van der Waals surface area contributed by atoms with Crippen molar-refractivity contribution in [3.05, 3.63) is 0 Å². The predicted molar refractivity (Wildman–Crippen MR) is 73.8 cm³/mol. The zero-order valence-corrected chi connectivity index (χ0v) is 12.3. The van der Waals surface area contributed by atoms with Crippen LogP contribution in [0.2, 0.25) is 0 Å². The fourth-order valence-corrected chi connectivity index (χ4v) is 2.68. The Kier molecular flexibility index (Phi) is 5.79. The van der Waals surface area contributed by atoms with Gasteiger partial charge in [-0.1, -0.05) is 20.3 Å². The van der Waals surface area contributed by atoms with Gasteiger partial charge in [-0.3, -0.25) is 9.59 Å². The quantitative estimate of drug-likeness (QED) is 0.760. The summed E-state index contributed by atoms with van der Waals surface area (Å²) in [5, 5.41) is 12.2. The maximum atomic E-state index is 12.3. The average molecular weight is 270 g/mol. The van der Waals surface area contributed by atoms with Crippen LogP contribution in [0.15, 0.2) is 0 Å². The lowest BCUT2D eigenvalue weighted by Gasteiger charge is -2.27. The Morgan fingerprint density at radius 3 is 2.32 bits per heavy atom. The first-order chi connectivity index (χ1) is 8.82. The summed E-state index contributed by atoms with van der Waals surface area (Å²) in [5.74, 6) is -1.47. The van der Waals surface area contributed by atoms with E-state index in [2.05, 4.69) is 19.2 Å². The molecule has 1 rings (SSSR count). The van der Waals surface area contributed by atoms with Crippen molar-refractivity contribution in [3.8, 4) is 0 Å². The summed E-state index contributed by atoms with van der Waals surface area (Å²) < 4.78 is 0. The van der Waals surface area contributed by atoms with Gasteiger partial charge < -0.3 is 15.3 Å². The molecule has 0 aliphatic heterocycles. The van der Waals surface area contributed by atoms with Crippen LogP contribution in [-0.4, -0.2) is 48.6 Å². The summed E-state index contributed by atoms with van der Waals surface area (Å²) in [5.41, 5.74) is 0. The molecule has 2 N–H and O–H groups in total. The molecule has 0 aromatic heterocycles. The SMILES string of the molecule is CC(C)C(CN(C)C)NC(=O)[C@@H]1CCC[C@@H]1C(=O)O. The van der Waals surface area contributed by atoms with Crippen molar-refractivity contribution in [2.24, 2.45) is 17.8 Å². The number of carbonyl (C=O) groups is 2. The molecule has 0 radical (unpaired) electrons. The first-order valence-electron chi connectivity index (χ1n) is 7.00. The van der Waals surface area contributed by atoms with Crippen LogP contribution < -0.4 is 5.32 Å². The normalized spacial score (nSPS) is 24.7. The van der Waals surface area contributed by atoms with E-state index >= 15 is 0 Å². The van der Waals surface area contributed by atoms with Gasteiger partial charge in [0, 0.05) is 12.6 Å². The lowest BCUT2D eigenvalue weighted by Crippen LogP contribution is -2.48. The van der Waals surface area contributed by atoms with Crippen LogP contribution in [-0.2, 0) is 9.59 Å². The smallest absolute Gasteiger partial charge is 0.307 e. The maximum Gasteiger partial charge on any atom is 0.307 e. The number of carbonyl (C=O) groups excluding carboxylic acids is 1. The Labute approximate surface area is 115 Å². The molecule has 0 bridgehead atoms. The minimum Gasteiger partial charge on any atom is -0.481 e. The number of amides is 1. The molecule has 5 heteroatoms. The van der Waals surface area contributed by atoms with Crippen molar-refractivity contribution >= 4 is 11.9 Å². The van der Waals surface area contributed by atoms with Crippen LogP contribution >= 0.6 is 0 Å². The molecule has 5 nitrogen and oxygen atoms in total. The number of hydrogen-bond donors (Lipinski definition) is 2. The van der Waals surface area contributed by atoms with E-state index < -0.39 is 11.9 Å². The highest BCUT2D eigenvalue weighted by molar-refractivity contribution is 5.85. The molecule has 0 heterocycles. The number of nitrogens with zero attached hydrogens (tertiary/aromatic N) is 1. The number of rotatable bonds is 6. The van der Waals surface area contributed by atoms with E-state index in [1.165, 1.54) is 0 Å². The van der Waals surface area contributed by atoms with Gasteiger partial charge in [0.25, 0.3) is 0 Å². The van der Waals surface area contributed by atoms with Gasteiger partial charge in [-0.15, -0.1) is 0 Å². The standard InChI is InChI=1S/C14H26N2O3/c1-9(2)12(8-16(3)4)15-13(17)10-6-5-7-11(10)14(18)19/h9-12H,5-8H2,1-4H3,(H,15,17)(H,18,19)/t10-,11+,12?/m1/s1. The number of likely N-dealkylation sites (N-methyl/N-ethyl adjacent to an activating group) is 1. The zero-order valence-electron chi connectivity index (χ0n) is 12.3. The highest BCUT2D eigenvalue weighted by Crippen LogP contribution is 2.32. The van der Waals surface area contributed by atoms with Gasteiger partial charge in [-0.2, -0.15) is 0 Å². The fraction of sp³-hybridized carbons (Fsp3) is 0.857. The molecule has 0 aromatic carbocycles. The van der Waals surface area contributed by atoms with E-state index in [0.29, 0.717) is 18.8 Å². The molecule has 1 amide bonds. The minimum absolute atomic E-state index is 0.0672. The van der Waals surface area contributed by atoms with E-state index in [1.807, 2.05) is 19.0 Å². The van der Waals surface area contributed by atoms with Gasteiger partial charge in [0.15, 0.2) is 0 Å². The van der Waals surface area contributed by atoms with E-state index in [9.17, 15) is 9.59 Å². The van der Waals surface area contributed by atoms with Crippen LogP contribution in [0.1, 0.15) is 33.1 Å². The van der Waals surface area contributed by atoms with E-state index in [0.717, 1.165) is 13.0 Å². The molecule has 1 unspecified atom stereocenters. The highest BCUT2D eigenvalue weighted by atomic mass is 16.4. The Morgan fingerprint density at radius 2 is 1.84 bits per heavy atom. The number of aliphatic carboxylic acids is 1. The van der Waals surface area contributed by atoms with E-state index in [1.54, 1.807) is 0 Å². The van der Waals surface area contributed by atoms with Crippen LogP contribution in [0.25, 0.3) is 0 Å². The van der Waals surface area contributed by atoms with Crippen molar-refractivity contribution in [3.63, 3.8) is 0 Å². The maximum absolute atomic E-state index is 12.3. The third-order valence-electron chi connectivity index (χ3n) is 3.86. The fourth-order valence-electron chi connectivity index (χ4n) is 2.68. The van der Waals surface area contributed by atoms with Crippen molar-refractivity contribution < 1.29 is 14.7 Å². The number of carboxylic acid groups (broad SMARTS) is 1. The Morgan fingerprint density at radius 1 is 1.26 bits per heavy atom. The number of hydrogen-bond acceptors (Lipinski definition) is 3. The van der Waals surface area contributed by atoms with Crippen LogP contribution in [0, 0.1) is 17.8 Å². The van der Waals surface area contributed by atoms with Gasteiger partial charge >= 0.3 is 5.97 Å². The largest absolute Gasteiger partial charge is 0.481 e. The molecule has 1 saturated carbocycles. The predicted octanol–water partition coefficient (Wildman–Crippen LogP) is 1.19. The Bertz CT molecular complexity index is 329. The molecule has 0 aromatic rings. The van der Waals surface area contributed by atoms with E-state index in [-0.39, 0.29) is 17.9 Å². The summed E-state index contributed by atoms with van der Waals surface area (Å²) in [6.45, 7) is 4.91. The molecular formula is C14H26N2O3. The first-order valence-corrected chi connectivity index (χ1v) is 7.00. The zero-order chi connectivity index (χ0) is 14.6. The summed E-state index contributed by atoms with van der Waals surface area (Å²) in [6, 6.07) is 0.0672. The second-order valence-electron chi connectivity index (χ2n) is 6.10. The molecule has 1 fully saturated rings. The topological polar surface area (TPSA) is 69.6 Å². The number of carboxylic acids is 1.